The molecule has 1 aliphatic rings. The van der Waals surface area contributed by atoms with Crippen LogP contribution in [0.25, 0.3) is 0 Å². The fourth-order valence-corrected chi connectivity index (χ4v) is 2.19. The molecular weight excluding hydrogens is 257 g/mol. The summed E-state index contributed by atoms with van der Waals surface area (Å²) in [4.78, 5) is 11.7. The van der Waals surface area contributed by atoms with Gasteiger partial charge in [0, 0.05) is 23.7 Å². The molecule has 5 heteroatoms. The van der Waals surface area contributed by atoms with Crippen LogP contribution in [0.1, 0.15) is 18.4 Å². The molecule has 1 atom stereocenters. The van der Waals surface area contributed by atoms with Crippen LogP contribution in [-0.4, -0.2) is 25.2 Å². The lowest BCUT2D eigenvalue weighted by Gasteiger charge is -2.11. The minimum absolute atomic E-state index is 0.0434. The summed E-state index contributed by atoms with van der Waals surface area (Å²) in [5, 5.41) is 3.02. The Morgan fingerprint density at radius 3 is 3.06 bits per heavy atom. The van der Waals surface area contributed by atoms with Crippen molar-refractivity contribution in [2.45, 2.75) is 25.4 Å². The maximum absolute atomic E-state index is 13.5. The van der Waals surface area contributed by atoms with E-state index in [9.17, 15) is 9.18 Å². The largest absolute Gasteiger partial charge is 0.376 e. The van der Waals surface area contributed by atoms with E-state index in [0.29, 0.717) is 6.54 Å². The molecule has 0 saturated carbocycles. The molecule has 0 bridgehead atoms. The van der Waals surface area contributed by atoms with Gasteiger partial charge in [-0.2, -0.15) is 0 Å². The van der Waals surface area contributed by atoms with Crippen LogP contribution in [0, 0.1) is 5.82 Å². The van der Waals surface area contributed by atoms with Gasteiger partial charge in [-0.05, 0) is 25.0 Å². The Morgan fingerprint density at radius 1 is 1.56 bits per heavy atom. The average Bonchev–Trinajstić information content (AvgIpc) is 2.84. The Kier molecular flexibility index (Phi) is 4.55. The Labute approximate surface area is 110 Å². The summed E-state index contributed by atoms with van der Waals surface area (Å²) >= 11 is 5.86. The predicted molar refractivity (Wildman–Crippen MR) is 67.1 cm³/mol. The van der Waals surface area contributed by atoms with Gasteiger partial charge in [0.15, 0.2) is 0 Å². The number of hydrogen-bond acceptors (Lipinski definition) is 2. The lowest BCUT2D eigenvalue weighted by molar-refractivity contribution is -0.121. The molecule has 18 heavy (non-hydrogen) atoms. The van der Waals surface area contributed by atoms with Gasteiger partial charge in [0.25, 0.3) is 0 Å². The van der Waals surface area contributed by atoms with Crippen molar-refractivity contribution in [1.82, 2.24) is 5.32 Å². The second kappa shape index (κ2) is 6.16. The monoisotopic (exact) mass is 271 g/mol. The van der Waals surface area contributed by atoms with Crippen molar-refractivity contribution < 1.29 is 13.9 Å². The summed E-state index contributed by atoms with van der Waals surface area (Å²) in [7, 11) is 0. The highest BCUT2D eigenvalue weighted by Crippen LogP contribution is 2.19. The van der Waals surface area contributed by atoms with Gasteiger partial charge in [0.05, 0.1) is 12.5 Å². The average molecular weight is 272 g/mol. The summed E-state index contributed by atoms with van der Waals surface area (Å²) in [6.07, 6.45) is 2.03. The number of rotatable bonds is 4. The van der Waals surface area contributed by atoms with Crippen LogP contribution in [0.4, 0.5) is 4.39 Å². The fourth-order valence-electron chi connectivity index (χ4n) is 1.96. The molecule has 1 saturated heterocycles. The molecule has 1 aliphatic heterocycles. The second-order valence-electron chi connectivity index (χ2n) is 4.32. The molecule has 98 valence electrons. The molecular formula is C13H15ClFNO2. The zero-order valence-corrected chi connectivity index (χ0v) is 10.7. The Morgan fingerprint density at radius 2 is 2.39 bits per heavy atom. The second-order valence-corrected chi connectivity index (χ2v) is 4.72. The highest BCUT2D eigenvalue weighted by Gasteiger charge is 2.17. The van der Waals surface area contributed by atoms with Crippen LogP contribution in [0.5, 0.6) is 0 Å². The zero-order chi connectivity index (χ0) is 13.0. The third-order valence-electron chi connectivity index (χ3n) is 2.95. The van der Waals surface area contributed by atoms with E-state index in [1.165, 1.54) is 12.1 Å². The fraction of sp³-hybridized carbons (Fsp3) is 0.462. The zero-order valence-electron chi connectivity index (χ0n) is 9.92. The van der Waals surface area contributed by atoms with Crippen molar-refractivity contribution in [3.05, 3.63) is 34.6 Å². The predicted octanol–water partition coefficient (Wildman–Crippen LogP) is 2.32. The van der Waals surface area contributed by atoms with E-state index in [1.807, 2.05) is 0 Å². The van der Waals surface area contributed by atoms with Crippen molar-refractivity contribution in [3.8, 4) is 0 Å². The first kappa shape index (κ1) is 13.3. The molecule has 0 unspecified atom stereocenters. The molecule has 1 heterocycles. The minimum atomic E-state index is -0.449. The summed E-state index contributed by atoms with van der Waals surface area (Å²) in [6.45, 7) is 1.23. The van der Waals surface area contributed by atoms with Gasteiger partial charge in [-0.25, -0.2) is 4.39 Å². The lowest BCUT2D eigenvalue weighted by atomic mass is 10.1. The number of carbonyl (C=O) groups is 1. The van der Waals surface area contributed by atoms with Gasteiger partial charge in [-0.1, -0.05) is 17.7 Å². The summed E-state index contributed by atoms with van der Waals surface area (Å²) in [5.41, 5.74) is 0.240. The standard InChI is InChI=1S/C13H15ClFNO2/c14-11-4-1-5-12(15)10(11)7-13(17)16-8-9-3-2-6-18-9/h1,4-5,9H,2-3,6-8H2,(H,16,17)/t9-/m1/s1. The number of halogens is 2. The maximum Gasteiger partial charge on any atom is 0.224 e. The van der Waals surface area contributed by atoms with Crippen molar-refractivity contribution in [2.24, 2.45) is 0 Å². The van der Waals surface area contributed by atoms with Crippen LogP contribution in [0.2, 0.25) is 5.02 Å². The van der Waals surface area contributed by atoms with E-state index in [2.05, 4.69) is 5.32 Å². The molecule has 0 radical (unpaired) electrons. The molecule has 3 nitrogen and oxygen atoms in total. The molecule has 0 aliphatic carbocycles. The number of nitrogens with one attached hydrogen (secondary N) is 1. The van der Waals surface area contributed by atoms with Gasteiger partial charge >= 0.3 is 0 Å². The molecule has 1 fully saturated rings. The van der Waals surface area contributed by atoms with E-state index in [1.54, 1.807) is 6.07 Å². The van der Waals surface area contributed by atoms with E-state index in [4.69, 9.17) is 16.3 Å². The third kappa shape index (κ3) is 3.43. The van der Waals surface area contributed by atoms with Gasteiger partial charge in [0.2, 0.25) is 5.91 Å². The van der Waals surface area contributed by atoms with Crippen molar-refractivity contribution in [1.29, 1.82) is 0 Å². The number of ether oxygens (including phenoxy) is 1. The van der Waals surface area contributed by atoms with Crippen LogP contribution in [-0.2, 0) is 16.0 Å². The minimum Gasteiger partial charge on any atom is -0.376 e. The van der Waals surface area contributed by atoms with Crippen LogP contribution >= 0.6 is 11.6 Å². The summed E-state index contributed by atoms with van der Waals surface area (Å²) in [5.74, 6) is -0.688. The SMILES string of the molecule is O=C(Cc1c(F)cccc1Cl)NC[C@H]1CCCO1. The van der Waals surface area contributed by atoms with Gasteiger partial charge in [-0.15, -0.1) is 0 Å². The van der Waals surface area contributed by atoms with Crippen molar-refractivity contribution in [2.75, 3.05) is 13.2 Å². The van der Waals surface area contributed by atoms with E-state index in [-0.39, 0.29) is 29.0 Å². The topological polar surface area (TPSA) is 38.3 Å². The summed E-state index contributed by atoms with van der Waals surface area (Å²) in [6, 6.07) is 4.40. The normalized spacial score (nSPS) is 18.9. The highest BCUT2D eigenvalue weighted by molar-refractivity contribution is 6.31. The van der Waals surface area contributed by atoms with Gasteiger partial charge in [0.1, 0.15) is 5.82 Å². The number of amides is 1. The van der Waals surface area contributed by atoms with Crippen molar-refractivity contribution in [3.63, 3.8) is 0 Å². The number of benzene rings is 1. The van der Waals surface area contributed by atoms with Crippen LogP contribution in [0.3, 0.4) is 0 Å². The van der Waals surface area contributed by atoms with E-state index >= 15 is 0 Å². The molecule has 1 aromatic rings. The summed E-state index contributed by atoms with van der Waals surface area (Å²) < 4.78 is 18.8. The smallest absolute Gasteiger partial charge is 0.224 e. The van der Waals surface area contributed by atoms with Gasteiger partial charge in [-0.3, -0.25) is 4.79 Å². The quantitative estimate of drug-likeness (QED) is 0.913. The molecule has 2 rings (SSSR count). The van der Waals surface area contributed by atoms with E-state index < -0.39 is 5.82 Å². The van der Waals surface area contributed by atoms with Crippen molar-refractivity contribution >= 4 is 17.5 Å². The highest BCUT2D eigenvalue weighted by atomic mass is 35.5. The third-order valence-corrected chi connectivity index (χ3v) is 3.30. The first-order chi connectivity index (χ1) is 8.66. The Balaban J connectivity index is 1.86. The molecule has 1 N–H and O–H groups in total. The number of hydrogen-bond donors (Lipinski definition) is 1. The van der Waals surface area contributed by atoms with Crippen LogP contribution < -0.4 is 5.32 Å². The lowest BCUT2D eigenvalue weighted by Crippen LogP contribution is -2.33. The van der Waals surface area contributed by atoms with E-state index in [0.717, 1.165) is 19.4 Å². The molecule has 0 spiro atoms. The number of carbonyl (C=O) groups excluding carboxylic acids is 1. The first-order valence-electron chi connectivity index (χ1n) is 5.98. The van der Waals surface area contributed by atoms with Crippen LogP contribution in [0.15, 0.2) is 18.2 Å². The Bertz CT molecular complexity index is 413. The molecule has 1 amide bonds. The Hall–Kier alpha value is -1.13. The first-order valence-corrected chi connectivity index (χ1v) is 6.36. The van der Waals surface area contributed by atoms with Gasteiger partial charge < -0.3 is 10.1 Å². The molecule has 1 aromatic carbocycles. The molecule has 0 aromatic heterocycles. The maximum atomic E-state index is 13.5.